The summed E-state index contributed by atoms with van der Waals surface area (Å²) in [5.41, 5.74) is 7.40. The fraction of sp³-hybridized carbons (Fsp3) is 0.152. The van der Waals surface area contributed by atoms with Crippen LogP contribution in [0.15, 0.2) is 91.0 Å². The minimum atomic E-state index is 0.0542. The SMILES string of the molecule is COc1ccc(-c2nc(Nc3cc(C(=O)Cc4cccc(C)c4)ccc3C)nc(-c3ccc(C)cc3)n2)cc1. The maximum atomic E-state index is 13.1. The number of Topliss-reactive ketones (excluding diaryl/α,β-unsaturated/α-hetero) is 1. The first-order valence-electron chi connectivity index (χ1n) is 12.8. The first-order valence-corrected chi connectivity index (χ1v) is 12.8. The molecule has 0 aliphatic carbocycles. The first-order chi connectivity index (χ1) is 18.9. The molecule has 1 aromatic heterocycles. The number of benzene rings is 4. The van der Waals surface area contributed by atoms with Gasteiger partial charge in [0, 0.05) is 28.8 Å². The lowest BCUT2D eigenvalue weighted by Gasteiger charge is -2.13. The van der Waals surface area contributed by atoms with Gasteiger partial charge in [0.2, 0.25) is 5.95 Å². The van der Waals surface area contributed by atoms with Gasteiger partial charge in [-0.15, -0.1) is 0 Å². The van der Waals surface area contributed by atoms with Gasteiger partial charge in [-0.2, -0.15) is 9.97 Å². The largest absolute Gasteiger partial charge is 0.497 e. The zero-order valence-electron chi connectivity index (χ0n) is 22.5. The number of ether oxygens (including phenoxy) is 1. The van der Waals surface area contributed by atoms with Crippen LogP contribution in [0.1, 0.15) is 32.6 Å². The molecule has 0 fully saturated rings. The summed E-state index contributed by atoms with van der Waals surface area (Å²) in [6, 6.07) is 29.4. The van der Waals surface area contributed by atoms with Crippen LogP contribution in [0.25, 0.3) is 22.8 Å². The lowest BCUT2D eigenvalue weighted by atomic mass is 10.00. The van der Waals surface area contributed by atoms with Gasteiger partial charge >= 0.3 is 0 Å². The van der Waals surface area contributed by atoms with E-state index in [0.29, 0.717) is 29.6 Å². The van der Waals surface area contributed by atoms with Crippen LogP contribution >= 0.6 is 0 Å². The fourth-order valence-corrected chi connectivity index (χ4v) is 4.29. The van der Waals surface area contributed by atoms with Crippen LogP contribution in [0.5, 0.6) is 5.75 Å². The molecule has 0 aliphatic heterocycles. The van der Waals surface area contributed by atoms with E-state index in [-0.39, 0.29) is 5.78 Å². The molecule has 1 N–H and O–H groups in total. The van der Waals surface area contributed by atoms with Crippen molar-refractivity contribution in [3.8, 4) is 28.5 Å². The quantitative estimate of drug-likeness (QED) is 0.219. The highest BCUT2D eigenvalue weighted by Crippen LogP contribution is 2.27. The molecule has 1 heterocycles. The number of aromatic nitrogens is 3. The van der Waals surface area contributed by atoms with Crippen molar-refractivity contribution in [1.82, 2.24) is 15.0 Å². The third-order valence-corrected chi connectivity index (χ3v) is 6.55. The molecule has 39 heavy (non-hydrogen) atoms. The fourth-order valence-electron chi connectivity index (χ4n) is 4.29. The van der Waals surface area contributed by atoms with Crippen LogP contribution in [-0.4, -0.2) is 27.8 Å². The van der Waals surface area contributed by atoms with Crippen LogP contribution in [0.3, 0.4) is 0 Å². The van der Waals surface area contributed by atoms with E-state index in [1.165, 1.54) is 0 Å². The molecule has 0 saturated carbocycles. The Kier molecular flexibility index (Phi) is 7.46. The molecule has 5 aromatic rings. The number of ketones is 1. The smallest absolute Gasteiger partial charge is 0.231 e. The Bertz CT molecular complexity index is 1630. The standard InChI is InChI=1S/C33H30N4O2/c1-21-8-11-25(12-9-21)31-35-32(26-14-16-28(39-4)17-15-26)37-33(36-31)34-29-20-27(13-10-23(29)3)30(38)19-24-7-5-6-22(2)18-24/h5-18,20H,19H2,1-4H3,(H,34,35,36,37). The molecule has 194 valence electrons. The van der Waals surface area contributed by atoms with Gasteiger partial charge in [-0.1, -0.05) is 71.8 Å². The van der Waals surface area contributed by atoms with E-state index in [1.807, 2.05) is 112 Å². The molecule has 6 nitrogen and oxygen atoms in total. The van der Waals surface area contributed by atoms with E-state index in [9.17, 15) is 4.79 Å². The molecule has 0 aliphatic rings. The van der Waals surface area contributed by atoms with Gasteiger partial charge in [-0.25, -0.2) is 4.98 Å². The number of carbonyl (C=O) groups is 1. The molecule has 4 aromatic carbocycles. The monoisotopic (exact) mass is 514 g/mol. The number of anilines is 2. The van der Waals surface area contributed by atoms with E-state index in [0.717, 1.165) is 44.8 Å². The van der Waals surface area contributed by atoms with Gasteiger partial charge in [0.1, 0.15) is 5.75 Å². The van der Waals surface area contributed by atoms with Gasteiger partial charge in [-0.05, 0) is 62.2 Å². The van der Waals surface area contributed by atoms with Crippen LogP contribution in [0.4, 0.5) is 11.6 Å². The molecule has 0 saturated heterocycles. The predicted octanol–water partition coefficient (Wildman–Crippen LogP) is 7.31. The van der Waals surface area contributed by atoms with Crippen molar-refractivity contribution in [3.05, 3.63) is 119 Å². The summed E-state index contributed by atoms with van der Waals surface area (Å²) in [5, 5.41) is 3.36. The summed E-state index contributed by atoms with van der Waals surface area (Å²) in [6.07, 6.45) is 0.342. The average molecular weight is 515 g/mol. The van der Waals surface area contributed by atoms with E-state index in [4.69, 9.17) is 19.7 Å². The topological polar surface area (TPSA) is 77.0 Å². The van der Waals surface area contributed by atoms with E-state index < -0.39 is 0 Å². The number of nitrogens with one attached hydrogen (secondary N) is 1. The number of methoxy groups -OCH3 is 1. The number of aryl methyl sites for hydroxylation is 3. The number of hydrogen-bond donors (Lipinski definition) is 1. The second kappa shape index (κ2) is 11.3. The van der Waals surface area contributed by atoms with E-state index in [2.05, 4.69) is 5.32 Å². The second-order valence-electron chi connectivity index (χ2n) is 9.64. The summed E-state index contributed by atoms with van der Waals surface area (Å²) in [5.74, 6) is 2.31. The Morgan fingerprint density at radius 1 is 0.744 bits per heavy atom. The highest BCUT2D eigenvalue weighted by atomic mass is 16.5. The van der Waals surface area contributed by atoms with Crippen molar-refractivity contribution < 1.29 is 9.53 Å². The zero-order chi connectivity index (χ0) is 27.4. The van der Waals surface area contributed by atoms with Gasteiger partial charge in [0.25, 0.3) is 0 Å². The Balaban J connectivity index is 1.50. The molecule has 0 unspecified atom stereocenters. The summed E-state index contributed by atoms with van der Waals surface area (Å²) < 4.78 is 5.31. The normalized spacial score (nSPS) is 10.8. The van der Waals surface area contributed by atoms with Gasteiger partial charge < -0.3 is 10.1 Å². The first kappa shape index (κ1) is 25.8. The van der Waals surface area contributed by atoms with Crippen molar-refractivity contribution in [2.24, 2.45) is 0 Å². The molecule has 6 heteroatoms. The molecule has 0 atom stereocenters. The Hall–Kier alpha value is -4.84. The Morgan fingerprint density at radius 2 is 1.41 bits per heavy atom. The number of nitrogens with zero attached hydrogens (tertiary/aromatic N) is 3. The minimum Gasteiger partial charge on any atom is -0.497 e. The highest BCUT2D eigenvalue weighted by molar-refractivity contribution is 5.98. The van der Waals surface area contributed by atoms with Crippen molar-refractivity contribution in [2.45, 2.75) is 27.2 Å². The van der Waals surface area contributed by atoms with Gasteiger partial charge in [0.15, 0.2) is 17.4 Å². The summed E-state index contributed by atoms with van der Waals surface area (Å²) in [4.78, 5) is 27.4. The molecule has 0 amide bonds. The predicted molar refractivity (Wildman–Crippen MR) is 156 cm³/mol. The number of rotatable bonds is 8. The second-order valence-corrected chi connectivity index (χ2v) is 9.64. The van der Waals surface area contributed by atoms with E-state index >= 15 is 0 Å². The van der Waals surface area contributed by atoms with Crippen LogP contribution in [0, 0.1) is 20.8 Å². The summed E-state index contributed by atoms with van der Waals surface area (Å²) >= 11 is 0. The van der Waals surface area contributed by atoms with Crippen LogP contribution < -0.4 is 10.1 Å². The molecule has 0 spiro atoms. The maximum absolute atomic E-state index is 13.1. The van der Waals surface area contributed by atoms with Gasteiger partial charge in [0.05, 0.1) is 7.11 Å². The molecule has 0 radical (unpaired) electrons. The van der Waals surface area contributed by atoms with Crippen molar-refractivity contribution in [3.63, 3.8) is 0 Å². The van der Waals surface area contributed by atoms with Crippen molar-refractivity contribution in [2.75, 3.05) is 12.4 Å². The highest BCUT2D eigenvalue weighted by Gasteiger charge is 2.14. The van der Waals surface area contributed by atoms with Crippen LogP contribution in [0.2, 0.25) is 0 Å². The molecular weight excluding hydrogens is 484 g/mol. The lowest BCUT2D eigenvalue weighted by molar-refractivity contribution is 0.0993. The van der Waals surface area contributed by atoms with Crippen LogP contribution in [-0.2, 0) is 6.42 Å². The third-order valence-electron chi connectivity index (χ3n) is 6.55. The molecule has 0 bridgehead atoms. The number of hydrogen-bond acceptors (Lipinski definition) is 6. The van der Waals surface area contributed by atoms with Gasteiger partial charge in [-0.3, -0.25) is 4.79 Å². The third kappa shape index (κ3) is 6.18. The van der Waals surface area contributed by atoms with Crippen molar-refractivity contribution >= 4 is 17.4 Å². The zero-order valence-corrected chi connectivity index (χ0v) is 22.5. The van der Waals surface area contributed by atoms with E-state index in [1.54, 1.807) is 7.11 Å². The Labute approximate surface area is 228 Å². The Morgan fingerprint density at radius 3 is 2.05 bits per heavy atom. The minimum absolute atomic E-state index is 0.0542. The van der Waals surface area contributed by atoms with Crippen molar-refractivity contribution in [1.29, 1.82) is 0 Å². The average Bonchev–Trinajstić information content (AvgIpc) is 2.94. The lowest BCUT2D eigenvalue weighted by Crippen LogP contribution is -2.07. The summed E-state index contributed by atoms with van der Waals surface area (Å²) in [6.45, 7) is 6.06. The molecular formula is C33H30N4O2. The number of carbonyl (C=O) groups excluding carboxylic acids is 1. The molecule has 5 rings (SSSR count). The maximum Gasteiger partial charge on any atom is 0.231 e. The summed E-state index contributed by atoms with van der Waals surface area (Å²) in [7, 11) is 1.64.